The number of hydrogen-bond donors (Lipinski definition) is 0. The van der Waals surface area contributed by atoms with Gasteiger partial charge in [-0.05, 0) is 24.8 Å². The van der Waals surface area contributed by atoms with Gasteiger partial charge in [0, 0.05) is 0 Å². The van der Waals surface area contributed by atoms with Crippen LogP contribution in [0.1, 0.15) is 25.3 Å². The third kappa shape index (κ3) is 5.48. The standard InChI is InChI=1S/C16H20O2/c1-3-8-15(13-16(17)18-4-2)12-11-14-9-6-5-7-10-14/h3,5-7,9-12,15H,1,4,8,13H2,2H3/b12-11+. The van der Waals surface area contributed by atoms with Gasteiger partial charge in [-0.3, -0.25) is 4.79 Å². The summed E-state index contributed by atoms with van der Waals surface area (Å²) in [5.41, 5.74) is 1.13. The molecule has 0 bridgehead atoms. The predicted octanol–water partition coefficient (Wildman–Crippen LogP) is 3.85. The third-order valence-corrected chi connectivity index (χ3v) is 2.56. The Morgan fingerprint density at radius 1 is 1.39 bits per heavy atom. The average molecular weight is 244 g/mol. The molecular formula is C16H20O2. The minimum absolute atomic E-state index is 0.151. The van der Waals surface area contributed by atoms with Gasteiger partial charge in [0.05, 0.1) is 13.0 Å². The van der Waals surface area contributed by atoms with Crippen LogP contribution in [-0.2, 0) is 9.53 Å². The van der Waals surface area contributed by atoms with Gasteiger partial charge in [0.2, 0.25) is 0 Å². The van der Waals surface area contributed by atoms with Gasteiger partial charge >= 0.3 is 5.97 Å². The molecule has 0 fully saturated rings. The van der Waals surface area contributed by atoms with Crippen molar-refractivity contribution in [2.24, 2.45) is 5.92 Å². The maximum atomic E-state index is 11.4. The summed E-state index contributed by atoms with van der Waals surface area (Å²) in [6, 6.07) is 10.0. The van der Waals surface area contributed by atoms with E-state index in [-0.39, 0.29) is 11.9 Å². The number of rotatable bonds is 7. The summed E-state index contributed by atoms with van der Waals surface area (Å²) in [5.74, 6) is 0.00354. The topological polar surface area (TPSA) is 26.3 Å². The molecule has 0 amide bonds. The lowest BCUT2D eigenvalue weighted by Gasteiger charge is -2.09. The Labute approximate surface area is 109 Å². The van der Waals surface area contributed by atoms with E-state index < -0.39 is 0 Å². The van der Waals surface area contributed by atoms with Crippen LogP contribution in [0.2, 0.25) is 0 Å². The van der Waals surface area contributed by atoms with Crippen molar-refractivity contribution in [2.75, 3.05) is 6.61 Å². The Kier molecular flexibility index (Phi) is 6.55. The van der Waals surface area contributed by atoms with Gasteiger partial charge < -0.3 is 4.74 Å². The van der Waals surface area contributed by atoms with Crippen LogP contribution in [0.4, 0.5) is 0 Å². The molecule has 0 saturated heterocycles. The largest absolute Gasteiger partial charge is 0.466 e. The molecule has 0 spiro atoms. The third-order valence-electron chi connectivity index (χ3n) is 2.56. The summed E-state index contributed by atoms with van der Waals surface area (Å²) in [7, 11) is 0. The van der Waals surface area contributed by atoms with Gasteiger partial charge in [-0.15, -0.1) is 6.58 Å². The van der Waals surface area contributed by atoms with Crippen molar-refractivity contribution in [1.29, 1.82) is 0 Å². The zero-order valence-electron chi connectivity index (χ0n) is 10.8. The van der Waals surface area contributed by atoms with Crippen molar-refractivity contribution in [3.8, 4) is 0 Å². The highest BCUT2D eigenvalue weighted by atomic mass is 16.5. The summed E-state index contributed by atoms with van der Waals surface area (Å²) in [6.07, 6.45) is 7.10. The van der Waals surface area contributed by atoms with Crippen LogP contribution in [0.3, 0.4) is 0 Å². The number of allylic oxidation sites excluding steroid dienone is 2. The van der Waals surface area contributed by atoms with Gasteiger partial charge in [-0.2, -0.15) is 0 Å². The highest BCUT2D eigenvalue weighted by molar-refractivity contribution is 5.70. The fraction of sp³-hybridized carbons (Fsp3) is 0.312. The summed E-state index contributed by atoms with van der Waals surface area (Å²) in [5, 5.41) is 0. The van der Waals surface area contributed by atoms with Crippen LogP contribution in [0.15, 0.2) is 49.1 Å². The molecule has 0 saturated carbocycles. The van der Waals surface area contributed by atoms with Crippen LogP contribution >= 0.6 is 0 Å². The molecular weight excluding hydrogens is 224 g/mol. The quantitative estimate of drug-likeness (QED) is 0.538. The second-order valence-corrected chi connectivity index (χ2v) is 4.06. The molecule has 1 atom stereocenters. The normalized spacial score (nSPS) is 12.3. The maximum absolute atomic E-state index is 11.4. The monoisotopic (exact) mass is 244 g/mol. The Morgan fingerprint density at radius 2 is 2.11 bits per heavy atom. The number of carbonyl (C=O) groups excluding carboxylic acids is 1. The Morgan fingerprint density at radius 3 is 2.72 bits per heavy atom. The SMILES string of the molecule is C=CCC(/C=C/c1ccccc1)CC(=O)OCC. The fourth-order valence-corrected chi connectivity index (χ4v) is 1.69. The summed E-state index contributed by atoms with van der Waals surface area (Å²) in [6.45, 7) is 5.97. The molecule has 1 rings (SSSR count). The first kappa shape index (κ1) is 14.2. The van der Waals surface area contributed by atoms with Gasteiger partial charge in [0.15, 0.2) is 0 Å². The fourth-order valence-electron chi connectivity index (χ4n) is 1.69. The van der Waals surface area contributed by atoms with Crippen LogP contribution in [0.5, 0.6) is 0 Å². The van der Waals surface area contributed by atoms with Crippen LogP contribution in [0, 0.1) is 5.92 Å². The van der Waals surface area contributed by atoms with E-state index in [9.17, 15) is 4.79 Å². The molecule has 0 aliphatic heterocycles. The molecule has 2 nitrogen and oxygen atoms in total. The highest BCUT2D eigenvalue weighted by Gasteiger charge is 2.10. The van der Waals surface area contributed by atoms with E-state index in [0.29, 0.717) is 13.0 Å². The average Bonchev–Trinajstić information content (AvgIpc) is 2.38. The summed E-state index contributed by atoms with van der Waals surface area (Å²) < 4.78 is 4.96. The van der Waals surface area contributed by atoms with E-state index in [1.165, 1.54) is 0 Å². The second-order valence-electron chi connectivity index (χ2n) is 4.06. The van der Waals surface area contributed by atoms with Gasteiger partial charge in [0.25, 0.3) is 0 Å². The van der Waals surface area contributed by atoms with Crippen molar-refractivity contribution >= 4 is 12.0 Å². The Balaban J connectivity index is 2.59. The molecule has 18 heavy (non-hydrogen) atoms. The van der Waals surface area contributed by atoms with E-state index in [1.807, 2.05) is 55.5 Å². The Bertz CT molecular complexity index is 393. The van der Waals surface area contributed by atoms with Gasteiger partial charge in [0.1, 0.15) is 0 Å². The zero-order valence-corrected chi connectivity index (χ0v) is 10.8. The molecule has 0 radical (unpaired) electrons. The molecule has 0 heterocycles. The number of hydrogen-bond acceptors (Lipinski definition) is 2. The summed E-state index contributed by atoms with van der Waals surface area (Å²) in [4.78, 5) is 11.4. The molecule has 2 heteroatoms. The minimum atomic E-state index is -0.151. The molecule has 1 aromatic carbocycles. The van der Waals surface area contributed by atoms with E-state index in [4.69, 9.17) is 4.74 Å². The van der Waals surface area contributed by atoms with Crippen molar-refractivity contribution in [3.05, 3.63) is 54.6 Å². The smallest absolute Gasteiger partial charge is 0.306 e. The first-order valence-electron chi connectivity index (χ1n) is 6.26. The van der Waals surface area contributed by atoms with Crippen LogP contribution < -0.4 is 0 Å². The maximum Gasteiger partial charge on any atom is 0.306 e. The molecule has 96 valence electrons. The van der Waals surface area contributed by atoms with Crippen LogP contribution in [-0.4, -0.2) is 12.6 Å². The highest BCUT2D eigenvalue weighted by Crippen LogP contribution is 2.14. The molecule has 1 aromatic rings. The van der Waals surface area contributed by atoms with Crippen molar-refractivity contribution in [2.45, 2.75) is 19.8 Å². The van der Waals surface area contributed by atoms with Crippen molar-refractivity contribution in [3.63, 3.8) is 0 Å². The zero-order chi connectivity index (χ0) is 13.2. The molecule has 0 aromatic heterocycles. The molecule has 0 aliphatic rings. The number of carbonyl (C=O) groups is 1. The first-order valence-corrected chi connectivity index (χ1v) is 6.26. The number of ether oxygens (including phenoxy) is 1. The van der Waals surface area contributed by atoms with Gasteiger partial charge in [-0.25, -0.2) is 0 Å². The van der Waals surface area contributed by atoms with E-state index in [0.717, 1.165) is 12.0 Å². The number of esters is 1. The first-order chi connectivity index (χ1) is 8.76. The van der Waals surface area contributed by atoms with E-state index in [2.05, 4.69) is 6.58 Å². The van der Waals surface area contributed by atoms with E-state index >= 15 is 0 Å². The lowest BCUT2D eigenvalue weighted by Crippen LogP contribution is -2.09. The minimum Gasteiger partial charge on any atom is -0.466 e. The van der Waals surface area contributed by atoms with E-state index in [1.54, 1.807) is 0 Å². The van der Waals surface area contributed by atoms with Gasteiger partial charge in [-0.1, -0.05) is 48.6 Å². The second kappa shape index (κ2) is 8.29. The van der Waals surface area contributed by atoms with Crippen LogP contribution in [0.25, 0.3) is 6.08 Å². The lowest BCUT2D eigenvalue weighted by molar-refractivity contribution is -0.143. The lowest BCUT2D eigenvalue weighted by atomic mass is 10.00. The Hall–Kier alpha value is -1.83. The molecule has 0 N–H and O–H groups in total. The molecule has 1 unspecified atom stereocenters. The summed E-state index contributed by atoms with van der Waals surface area (Å²) >= 11 is 0. The predicted molar refractivity (Wildman–Crippen MR) is 75.0 cm³/mol. The number of benzene rings is 1. The molecule has 0 aliphatic carbocycles. The van der Waals surface area contributed by atoms with Crippen molar-refractivity contribution < 1.29 is 9.53 Å². The van der Waals surface area contributed by atoms with Crippen molar-refractivity contribution in [1.82, 2.24) is 0 Å².